The third kappa shape index (κ3) is 8.45. The average Bonchev–Trinajstić information content (AvgIpc) is 2.49. The Kier molecular flexibility index (Phi) is 11.5. The van der Waals surface area contributed by atoms with Crippen molar-refractivity contribution in [1.29, 1.82) is 0 Å². The second-order valence-corrected chi connectivity index (χ2v) is 4.54. The summed E-state index contributed by atoms with van der Waals surface area (Å²) < 4.78 is 5.35. The highest BCUT2D eigenvalue weighted by molar-refractivity contribution is 6.18. The number of nitrogens with zero attached hydrogens (tertiary/aromatic N) is 1. The lowest BCUT2D eigenvalue weighted by atomic mass is 10.2. The molecule has 1 aromatic carbocycles. The van der Waals surface area contributed by atoms with Gasteiger partial charge < -0.3 is 14.7 Å². The molecule has 0 aliphatic carbocycles. The standard InChI is InChI=1S/C14H20ClNO3.C2H6/c1-2-9-16(10-8-15)12-3-5-13(6-4-12)19-11-7-14(17)18;1-2/h3-6H,2,7-11H2,1H3,(H,17,18);1-2H3. The Morgan fingerprint density at radius 3 is 2.33 bits per heavy atom. The van der Waals surface area contributed by atoms with E-state index in [2.05, 4.69) is 11.8 Å². The van der Waals surface area contributed by atoms with Crippen molar-refractivity contribution in [2.75, 3.05) is 30.5 Å². The van der Waals surface area contributed by atoms with Crippen molar-refractivity contribution in [2.24, 2.45) is 0 Å². The fourth-order valence-electron chi connectivity index (χ4n) is 1.75. The number of anilines is 1. The molecule has 1 rings (SSSR count). The number of carbonyl (C=O) groups is 1. The molecule has 0 amide bonds. The van der Waals surface area contributed by atoms with Crippen molar-refractivity contribution in [1.82, 2.24) is 0 Å². The SMILES string of the molecule is CC.CCCN(CCCl)c1ccc(OCCC(=O)O)cc1. The Bertz CT molecular complexity index is 376. The molecule has 0 spiro atoms. The Morgan fingerprint density at radius 2 is 1.86 bits per heavy atom. The van der Waals surface area contributed by atoms with E-state index in [-0.39, 0.29) is 13.0 Å². The molecule has 0 fully saturated rings. The largest absolute Gasteiger partial charge is 0.493 e. The maximum atomic E-state index is 10.4. The van der Waals surface area contributed by atoms with Crippen LogP contribution >= 0.6 is 11.6 Å². The van der Waals surface area contributed by atoms with Gasteiger partial charge in [0.15, 0.2) is 0 Å². The monoisotopic (exact) mass is 315 g/mol. The van der Waals surface area contributed by atoms with E-state index >= 15 is 0 Å². The smallest absolute Gasteiger partial charge is 0.306 e. The van der Waals surface area contributed by atoms with Gasteiger partial charge in [-0.3, -0.25) is 4.79 Å². The Hall–Kier alpha value is -1.42. The molecule has 120 valence electrons. The minimum Gasteiger partial charge on any atom is -0.493 e. The van der Waals surface area contributed by atoms with Crippen molar-refractivity contribution in [3.8, 4) is 5.75 Å². The molecule has 0 saturated carbocycles. The average molecular weight is 316 g/mol. The minimum atomic E-state index is -0.854. The number of hydrogen-bond donors (Lipinski definition) is 1. The molecule has 0 saturated heterocycles. The van der Waals surface area contributed by atoms with Crippen molar-refractivity contribution < 1.29 is 14.6 Å². The lowest BCUT2D eigenvalue weighted by Gasteiger charge is -2.23. The maximum absolute atomic E-state index is 10.4. The zero-order valence-electron chi connectivity index (χ0n) is 13.1. The van der Waals surface area contributed by atoms with Crippen LogP contribution in [0.4, 0.5) is 5.69 Å². The summed E-state index contributed by atoms with van der Waals surface area (Å²) in [6.45, 7) is 8.10. The summed E-state index contributed by atoms with van der Waals surface area (Å²) in [6, 6.07) is 7.65. The van der Waals surface area contributed by atoms with Gasteiger partial charge in [0, 0.05) is 24.7 Å². The molecule has 0 bridgehead atoms. The van der Waals surface area contributed by atoms with E-state index in [1.165, 1.54) is 0 Å². The van der Waals surface area contributed by atoms with E-state index in [1.54, 1.807) is 0 Å². The van der Waals surface area contributed by atoms with Gasteiger partial charge in [-0.1, -0.05) is 20.8 Å². The molecular formula is C16H26ClNO3. The quantitative estimate of drug-likeness (QED) is 0.699. The van der Waals surface area contributed by atoms with Crippen molar-refractivity contribution in [3.05, 3.63) is 24.3 Å². The number of hydrogen-bond acceptors (Lipinski definition) is 3. The van der Waals surface area contributed by atoms with E-state index < -0.39 is 5.97 Å². The highest BCUT2D eigenvalue weighted by Gasteiger charge is 2.05. The first-order valence-electron chi connectivity index (χ1n) is 7.43. The lowest BCUT2D eigenvalue weighted by molar-refractivity contribution is -0.137. The number of ether oxygens (including phenoxy) is 1. The first kappa shape index (κ1) is 19.6. The summed E-state index contributed by atoms with van der Waals surface area (Å²) in [7, 11) is 0. The first-order valence-corrected chi connectivity index (χ1v) is 7.96. The topological polar surface area (TPSA) is 49.8 Å². The van der Waals surface area contributed by atoms with E-state index in [0.29, 0.717) is 11.6 Å². The van der Waals surface area contributed by atoms with Gasteiger partial charge >= 0.3 is 5.97 Å². The van der Waals surface area contributed by atoms with E-state index in [1.807, 2.05) is 38.1 Å². The van der Waals surface area contributed by atoms with Gasteiger partial charge in [-0.2, -0.15) is 0 Å². The number of aliphatic carboxylic acids is 1. The van der Waals surface area contributed by atoms with E-state index in [9.17, 15) is 4.79 Å². The first-order chi connectivity index (χ1) is 10.2. The third-order valence-corrected chi connectivity index (χ3v) is 2.80. The molecule has 0 heterocycles. The predicted molar refractivity (Wildman–Crippen MR) is 88.8 cm³/mol. The van der Waals surface area contributed by atoms with Gasteiger partial charge in [0.05, 0.1) is 13.0 Å². The van der Waals surface area contributed by atoms with E-state index in [4.69, 9.17) is 21.4 Å². The second-order valence-electron chi connectivity index (χ2n) is 4.16. The van der Waals surface area contributed by atoms with Crippen LogP contribution in [0.3, 0.4) is 0 Å². The van der Waals surface area contributed by atoms with Gasteiger partial charge in [-0.15, -0.1) is 11.6 Å². The molecule has 21 heavy (non-hydrogen) atoms. The van der Waals surface area contributed by atoms with Gasteiger partial charge in [0.1, 0.15) is 5.75 Å². The zero-order chi connectivity index (χ0) is 16.1. The van der Waals surface area contributed by atoms with Gasteiger partial charge in [0.25, 0.3) is 0 Å². The molecule has 0 aliphatic heterocycles. The maximum Gasteiger partial charge on any atom is 0.306 e. The molecule has 0 aliphatic rings. The number of rotatable bonds is 9. The number of carboxylic acid groups (broad SMARTS) is 1. The van der Waals surface area contributed by atoms with Gasteiger partial charge in [-0.05, 0) is 30.7 Å². The summed E-state index contributed by atoms with van der Waals surface area (Å²) in [5.74, 6) is 0.428. The highest BCUT2D eigenvalue weighted by atomic mass is 35.5. The lowest BCUT2D eigenvalue weighted by Crippen LogP contribution is -2.26. The number of alkyl halides is 1. The Labute approximate surface area is 132 Å². The predicted octanol–water partition coefficient (Wildman–Crippen LogP) is 4.02. The summed E-state index contributed by atoms with van der Waals surface area (Å²) in [5.41, 5.74) is 1.10. The summed E-state index contributed by atoms with van der Waals surface area (Å²) in [4.78, 5) is 12.6. The summed E-state index contributed by atoms with van der Waals surface area (Å²) in [6.07, 6.45) is 1.07. The fraction of sp³-hybridized carbons (Fsp3) is 0.562. The van der Waals surface area contributed by atoms with Crippen LogP contribution in [0.15, 0.2) is 24.3 Å². The van der Waals surface area contributed by atoms with Crippen LogP contribution in [0, 0.1) is 0 Å². The highest BCUT2D eigenvalue weighted by Crippen LogP contribution is 2.20. The van der Waals surface area contributed by atoms with Crippen LogP contribution in [-0.4, -0.2) is 36.7 Å². The zero-order valence-corrected chi connectivity index (χ0v) is 13.9. The van der Waals surface area contributed by atoms with Crippen LogP contribution in [0.2, 0.25) is 0 Å². The molecule has 4 nitrogen and oxygen atoms in total. The third-order valence-electron chi connectivity index (χ3n) is 2.63. The van der Waals surface area contributed by atoms with Crippen LogP contribution in [0.5, 0.6) is 5.75 Å². The van der Waals surface area contributed by atoms with Gasteiger partial charge in [-0.25, -0.2) is 0 Å². The molecule has 0 radical (unpaired) electrons. The number of halogens is 1. The van der Waals surface area contributed by atoms with Crippen LogP contribution < -0.4 is 9.64 Å². The normalized spacial score (nSPS) is 9.52. The molecule has 1 N–H and O–H groups in total. The molecule has 1 aromatic rings. The Morgan fingerprint density at radius 1 is 1.24 bits per heavy atom. The summed E-state index contributed by atoms with van der Waals surface area (Å²) >= 11 is 5.79. The van der Waals surface area contributed by atoms with Gasteiger partial charge in [0.2, 0.25) is 0 Å². The van der Waals surface area contributed by atoms with Crippen molar-refractivity contribution >= 4 is 23.3 Å². The Balaban J connectivity index is 0.00000191. The molecule has 5 heteroatoms. The van der Waals surface area contributed by atoms with Crippen molar-refractivity contribution in [3.63, 3.8) is 0 Å². The van der Waals surface area contributed by atoms with Crippen LogP contribution in [0.25, 0.3) is 0 Å². The molecular weight excluding hydrogens is 290 g/mol. The number of benzene rings is 1. The molecule has 0 atom stereocenters. The van der Waals surface area contributed by atoms with E-state index in [0.717, 1.165) is 25.2 Å². The van der Waals surface area contributed by atoms with Crippen LogP contribution in [-0.2, 0) is 4.79 Å². The number of carboxylic acids is 1. The summed E-state index contributed by atoms with van der Waals surface area (Å²) in [5, 5.41) is 8.53. The molecule has 0 unspecified atom stereocenters. The van der Waals surface area contributed by atoms with Crippen LogP contribution in [0.1, 0.15) is 33.6 Å². The molecule has 0 aromatic heterocycles. The van der Waals surface area contributed by atoms with Crippen molar-refractivity contribution in [2.45, 2.75) is 33.6 Å². The minimum absolute atomic E-state index is 0.00988. The second kappa shape index (κ2) is 12.3. The fourth-order valence-corrected chi connectivity index (χ4v) is 1.96.